The zero-order chi connectivity index (χ0) is 19.2. The Morgan fingerprint density at radius 3 is 2.59 bits per heavy atom. The number of ether oxygens (including phenoxy) is 1. The van der Waals surface area contributed by atoms with Crippen LogP contribution in [-0.4, -0.2) is 29.3 Å². The smallest absolute Gasteiger partial charge is 0.374 e. The number of fused-ring (bicyclic) bond motifs is 1. The van der Waals surface area contributed by atoms with Crippen molar-refractivity contribution in [2.45, 2.75) is 18.4 Å². The maximum atomic E-state index is 14.4. The predicted molar refractivity (Wildman–Crippen MR) is 89.3 cm³/mol. The van der Waals surface area contributed by atoms with Gasteiger partial charge in [0.25, 0.3) is 0 Å². The van der Waals surface area contributed by atoms with Crippen molar-refractivity contribution in [1.29, 1.82) is 0 Å². The number of aromatic nitrogens is 2. The van der Waals surface area contributed by atoms with Gasteiger partial charge in [-0.25, -0.2) is 4.39 Å². The van der Waals surface area contributed by atoms with Crippen LogP contribution in [0, 0.1) is 0 Å². The Hall–Kier alpha value is -2.74. The largest absolute Gasteiger partial charge is 0.416 e. The lowest BCUT2D eigenvalue weighted by atomic mass is 9.90. The summed E-state index contributed by atoms with van der Waals surface area (Å²) in [6, 6.07) is 8.33. The van der Waals surface area contributed by atoms with Crippen molar-refractivity contribution in [3.8, 4) is 0 Å². The maximum Gasteiger partial charge on any atom is 0.416 e. The summed E-state index contributed by atoms with van der Waals surface area (Å²) in [5.41, 5.74) is -1.79. The van der Waals surface area contributed by atoms with Crippen LogP contribution in [0.25, 0.3) is 10.9 Å². The molecule has 1 fully saturated rings. The normalized spacial score (nSPS) is 16.3. The molecule has 0 radical (unpaired) electrons. The highest BCUT2D eigenvalue weighted by Crippen LogP contribution is 2.39. The van der Waals surface area contributed by atoms with Crippen LogP contribution in [0.2, 0.25) is 0 Å². The van der Waals surface area contributed by atoms with Gasteiger partial charge in [-0.1, -0.05) is 12.1 Å². The van der Waals surface area contributed by atoms with Gasteiger partial charge in [-0.05, 0) is 35.4 Å². The lowest BCUT2D eigenvalue weighted by Crippen LogP contribution is -2.42. The van der Waals surface area contributed by atoms with Crippen molar-refractivity contribution in [3.63, 3.8) is 0 Å². The summed E-state index contributed by atoms with van der Waals surface area (Å²) < 4.78 is 61.2. The van der Waals surface area contributed by atoms with E-state index in [1.807, 2.05) is 0 Å². The molecule has 0 amide bonds. The molecule has 3 aromatic rings. The van der Waals surface area contributed by atoms with Crippen LogP contribution in [0.1, 0.15) is 27.0 Å². The molecule has 140 valence electrons. The van der Waals surface area contributed by atoms with E-state index < -0.39 is 17.4 Å². The summed E-state index contributed by atoms with van der Waals surface area (Å²) in [5, 5.41) is 4.90. The number of hydrogen-bond acceptors (Lipinski definition) is 3. The minimum Gasteiger partial charge on any atom is -0.374 e. The van der Waals surface area contributed by atoms with Gasteiger partial charge in [0.05, 0.1) is 30.8 Å². The minimum absolute atomic E-state index is 0.0153. The first kappa shape index (κ1) is 17.7. The number of benzene rings is 2. The standard InChI is InChI=1S/C19H14F4N2O2/c20-18(10-27-11-18)15-3-2-13(16(6-15)19(21,22)23)7-25-8-14-5-12(9-26)1-4-17(14)24-25/h1-6,8-9H,7,10-11H2. The van der Waals surface area contributed by atoms with Gasteiger partial charge in [0.15, 0.2) is 5.67 Å². The Labute approximate surface area is 151 Å². The van der Waals surface area contributed by atoms with Crippen LogP contribution in [0.3, 0.4) is 0 Å². The van der Waals surface area contributed by atoms with E-state index in [1.165, 1.54) is 16.8 Å². The lowest BCUT2D eigenvalue weighted by molar-refractivity contribution is -0.142. The third-order valence-electron chi connectivity index (χ3n) is 4.64. The minimum atomic E-state index is -4.62. The molecule has 0 unspecified atom stereocenters. The van der Waals surface area contributed by atoms with E-state index in [0.717, 1.165) is 6.07 Å². The molecule has 27 heavy (non-hydrogen) atoms. The first-order valence-corrected chi connectivity index (χ1v) is 8.18. The molecule has 1 aliphatic rings. The van der Waals surface area contributed by atoms with Crippen LogP contribution in [0.5, 0.6) is 0 Å². The van der Waals surface area contributed by atoms with Gasteiger partial charge in [-0.2, -0.15) is 18.3 Å². The van der Waals surface area contributed by atoms with Gasteiger partial charge in [-0.15, -0.1) is 0 Å². The van der Waals surface area contributed by atoms with Gasteiger partial charge in [0.1, 0.15) is 6.29 Å². The quantitative estimate of drug-likeness (QED) is 0.507. The number of nitrogens with zero attached hydrogens (tertiary/aromatic N) is 2. The van der Waals surface area contributed by atoms with Gasteiger partial charge >= 0.3 is 6.18 Å². The molecular formula is C19H14F4N2O2. The molecular weight excluding hydrogens is 364 g/mol. The van der Waals surface area contributed by atoms with Crippen LogP contribution >= 0.6 is 0 Å². The van der Waals surface area contributed by atoms with Crippen molar-refractivity contribution in [3.05, 3.63) is 64.8 Å². The molecule has 1 aromatic heterocycles. The molecule has 8 heteroatoms. The average molecular weight is 378 g/mol. The first-order chi connectivity index (χ1) is 12.8. The number of hydrogen-bond donors (Lipinski definition) is 0. The highest BCUT2D eigenvalue weighted by molar-refractivity contribution is 5.86. The summed E-state index contributed by atoms with van der Waals surface area (Å²) in [5.74, 6) is 0. The maximum absolute atomic E-state index is 14.4. The Kier molecular flexibility index (Phi) is 4.03. The fourth-order valence-corrected chi connectivity index (χ4v) is 3.13. The molecule has 1 saturated heterocycles. The molecule has 1 aliphatic heterocycles. The molecule has 4 nitrogen and oxygen atoms in total. The van der Waals surface area contributed by atoms with E-state index in [-0.39, 0.29) is 30.9 Å². The summed E-state index contributed by atoms with van der Waals surface area (Å²) in [6.45, 7) is -0.615. The molecule has 4 rings (SSSR count). The summed E-state index contributed by atoms with van der Waals surface area (Å²) in [6.07, 6.45) is -2.36. The SMILES string of the molecule is O=Cc1ccc2nn(Cc3ccc(C4(F)COC4)cc3C(F)(F)F)cc2c1. The Bertz CT molecular complexity index is 1020. The summed E-state index contributed by atoms with van der Waals surface area (Å²) >= 11 is 0. The number of rotatable bonds is 4. The second-order valence-electron chi connectivity index (χ2n) is 6.59. The molecule has 2 aromatic carbocycles. The Morgan fingerprint density at radius 2 is 1.96 bits per heavy atom. The molecule has 0 bridgehead atoms. The second-order valence-corrected chi connectivity index (χ2v) is 6.59. The van der Waals surface area contributed by atoms with E-state index in [1.54, 1.807) is 24.4 Å². The lowest BCUT2D eigenvalue weighted by Gasteiger charge is -2.34. The van der Waals surface area contributed by atoms with Gasteiger partial charge in [-0.3, -0.25) is 9.48 Å². The molecule has 0 N–H and O–H groups in total. The van der Waals surface area contributed by atoms with E-state index >= 15 is 0 Å². The van der Waals surface area contributed by atoms with E-state index in [9.17, 15) is 22.4 Å². The Balaban J connectivity index is 1.71. The number of alkyl halides is 4. The first-order valence-electron chi connectivity index (χ1n) is 8.18. The number of carbonyl (C=O) groups is 1. The van der Waals surface area contributed by atoms with E-state index in [4.69, 9.17) is 4.74 Å². The van der Waals surface area contributed by atoms with Crippen molar-refractivity contribution in [1.82, 2.24) is 9.78 Å². The third kappa shape index (κ3) is 3.21. The number of halogens is 4. The molecule has 0 atom stereocenters. The monoisotopic (exact) mass is 378 g/mol. The van der Waals surface area contributed by atoms with Crippen LogP contribution < -0.4 is 0 Å². The zero-order valence-corrected chi connectivity index (χ0v) is 14.0. The van der Waals surface area contributed by atoms with Crippen LogP contribution in [-0.2, 0) is 23.1 Å². The topological polar surface area (TPSA) is 44.1 Å². The third-order valence-corrected chi connectivity index (χ3v) is 4.64. The molecule has 0 aliphatic carbocycles. The highest BCUT2D eigenvalue weighted by Gasteiger charge is 2.43. The Morgan fingerprint density at radius 1 is 1.19 bits per heavy atom. The van der Waals surface area contributed by atoms with Crippen molar-refractivity contribution >= 4 is 17.2 Å². The van der Waals surface area contributed by atoms with Crippen LogP contribution in [0.4, 0.5) is 17.6 Å². The van der Waals surface area contributed by atoms with Crippen molar-refractivity contribution < 1.29 is 27.1 Å². The second kappa shape index (κ2) is 6.16. The number of aldehydes is 1. The fraction of sp³-hybridized carbons (Fsp3) is 0.263. The predicted octanol–water partition coefficient (Wildman–Crippen LogP) is 4.11. The fourth-order valence-electron chi connectivity index (χ4n) is 3.13. The van der Waals surface area contributed by atoms with Gasteiger partial charge in [0.2, 0.25) is 0 Å². The molecule has 2 heterocycles. The van der Waals surface area contributed by atoms with Crippen molar-refractivity contribution in [2.75, 3.05) is 13.2 Å². The summed E-state index contributed by atoms with van der Waals surface area (Å²) in [4.78, 5) is 10.9. The average Bonchev–Trinajstić information content (AvgIpc) is 3.00. The molecule has 0 spiro atoms. The number of carbonyl (C=O) groups excluding carboxylic acids is 1. The van der Waals surface area contributed by atoms with E-state index in [0.29, 0.717) is 22.8 Å². The van der Waals surface area contributed by atoms with Crippen LogP contribution in [0.15, 0.2) is 42.6 Å². The van der Waals surface area contributed by atoms with Gasteiger partial charge in [0, 0.05) is 17.1 Å². The zero-order valence-electron chi connectivity index (χ0n) is 14.0. The molecule has 0 saturated carbocycles. The highest BCUT2D eigenvalue weighted by atomic mass is 19.4. The van der Waals surface area contributed by atoms with Gasteiger partial charge < -0.3 is 4.74 Å². The van der Waals surface area contributed by atoms with Crippen molar-refractivity contribution in [2.24, 2.45) is 0 Å². The summed E-state index contributed by atoms with van der Waals surface area (Å²) in [7, 11) is 0. The van der Waals surface area contributed by atoms with E-state index in [2.05, 4.69) is 5.10 Å².